The molecule has 3 heterocycles. The van der Waals surface area contributed by atoms with Crippen LogP contribution in [0.25, 0.3) is 10.2 Å². The monoisotopic (exact) mass is 412 g/mol. The minimum absolute atomic E-state index is 0.297. The van der Waals surface area contributed by atoms with E-state index in [0.29, 0.717) is 17.7 Å². The van der Waals surface area contributed by atoms with Gasteiger partial charge in [-0.3, -0.25) is 4.79 Å². The fourth-order valence-corrected chi connectivity index (χ4v) is 6.26. The van der Waals surface area contributed by atoms with Crippen molar-refractivity contribution in [2.75, 3.05) is 31.1 Å². The van der Waals surface area contributed by atoms with Crippen molar-refractivity contribution in [3.05, 3.63) is 16.3 Å². The molecule has 5 nitrogen and oxygen atoms in total. The van der Waals surface area contributed by atoms with Gasteiger partial charge in [0, 0.05) is 42.9 Å². The number of rotatable bonds is 3. The molecule has 0 bridgehead atoms. The van der Waals surface area contributed by atoms with Crippen LogP contribution in [0.3, 0.4) is 0 Å². The maximum absolute atomic E-state index is 12.6. The minimum atomic E-state index is 0.297. The zero-order chi connectivity index (χ0) is 20.1. The topological polar surface area (TPSA) is 49.3 Å². The van der Waals surface area contributed by atoms with Gasteiger partial charge in [0.15, 0.2) is 0 Å². The molecule has 0 aromatic carbocycles. The lowest BCUT2D eigenvalue weighted by atomic mass is 9.84. The minimum Gasteiger partial charge on any atom is -0.352 e. The summed E-state index contributed by atoms with van der Waals surface area (Å²) in [4.78, 5) is 29.9. The van der Waals surface area contributed by atoms with Crippen LogP contribution in [0.4, 0.5) is 5.82 Å². The zero-order valence-corrected chi connectivity index (χ0v) is 18.7. The summed E-state index contributed by atoms with van der Waals surface area (Å²) in [6.45, 7) is 10.1. The number of anilines is 1. The predicted octanol–water partition coefficient (Wildman–Crippen LogP) is 4.39. The molecule has 6 heteroatoms. The third-order valence-electron chi connectivity index (χ3n) is 7.01. The quantitative estimate of drug-likeness (QED) is 0.750. The molecule has 2 fully saturated rings. The maximum Gasteiger partial charge on any atom is 0.225 e. The molecule has 2 aromatic rings. The number of hydrogen-bond donors (Lipinski definition) is 0. The summed E-state index contributed by atoms with van der Waals surface area (Å²) in [6, 6.07) is 0. The lowest BCUT2D eigenvalue weighted by Gasteiger charge is -2.39. The van der Waals surface area contributed by atoms with Crippen LogP contribution in [0.1, 0.15) is 68.6 Å². The summed E-state index contributed by atoms with van der Waals surface area (Å²) in [5, 5.41) is 1.31. The molecule has 1 saturated carbocycles. The van der Waals surface area contributed by atoms with Gasteiger partial charge in [-0.15, -0.1) is 11.3 Å². The Labute approximate surface area is 177 Å². The number of carbonyl (C=O) groups is 1. The molecule has 5 rings (SSSR count). The van der Waals surface area contributed by atoms with Crippen molar-refractivity contribution in [2.24, 2.45) is 11.8 Å². The van der Waals surface area contributed by atoms with Crippen molar-refractivity contribution < 1.29 is 4.79 Å². The Hall–Kier alpha value is -1.69. The summed E-state index contributed by atoms with van der Waals surface area (Å²) >= 11 is 1.89. The van der Waals surface area contributed by atoms with Gasteiger partial charge < -0.3 is 9.80 Å². The number of amides is 1. The molecule has 2 aromatic heterocycles. The van der Waals surface area contributed by atoms with E-state index >= 15 is 0 Å². The number of aryl methyl sites for hydroxylation is 1. The van der Waals surface area contributed by atoms with Crippen LogP contribution < -0.4 is 4.90 Å². The Kier molecular flexibility index (Phi) is 5.01. The van der Waals surface area contributed by atoms with E-state index in [2.05, 4.69) is 30.6 Å². The SMILES string of the molecule is CC(C)c1nc(N2CCN(C(=O)C3CCC3)CC2)c2c3c(sc2n1)C[C@@H](C)CC3. The van der Waals surface area contributed by atoms with Crippen LogP contribution in [-0.4, -0.2) is 47.0 Å². The van der Waals surface area contributed by atoms with E-state index in [0.717, 1.165) is 63.0 Å². The van der Waals surface area contributed by atoms with Crippen LogP contribution in [0.15, 0.2) is 0 Å². The summed E-state index contributed by atoms with van der Waals surface area (Å²) in [6.07, 6.45) is 6.97. The van der Waals surface area contributed by atoms with Gasteiger partial charge in [0.1, 0.15) is 16.5 Å². The first-order chi connectivity index (χ1) is 14.0. The van der Waals surface area contributed by atoms with E-state index in [-0.39, 0.29) is 0 Å². The molecule has 29 heavy (non-hydrogen) atoms. The lowest BCUT2D eigenvalue weighted by molar-refractivity contribution is -0.138. The molecule has 0 unspecified atom stereocenters. The second-order valence-corrected chi connectivity index (χ2v) is 10.6. The Balaban J connectivity index is 1.46. The molecular weight excluding hydrogens is 380 g/mol. The standard InChI is InChI=1S/C23H32N4OS/c1-14(2)20-24-21(19-17-8-7-15(3)13-18(17)29-22(19)25-20)26-9-11-27(12-10-26)23(28)16-5-4-6-16/h14-16H,4-13H2,1-3H3/t15-/m0/s1. The van der Waals surface area contributed by atoms with Crippen LogP contribution >= 0.6 is 11.3 Å². The molecule has 0 spiro atoms. The van der Waals surface area contributed by atoms with Crippen LogP contribution in [0.2, 0.25) is 0 Å². The molecule has 0 N–H and O–H groups in total. The molecule has 1 saturated heterocycles. The van der Waals surface area contributed by atoms with Crippen molar-refractivity contribution in [1.29, 1.82) is 0 Å². The smallest absolute Gasteiger partial charge is 0.225 e. The van der Waals surface area contributed by atoms with Gasteiger partial charge in [0.25, 0.3) is 0 Å². The highest BCUT2D eigenvalue weighted by atomic mass is 32.1. The maximum atomic E-state index is 12.6. The van der Waals surface area contributed by atoms with Crippen molar-refractivity contribution >= 4 is 33.3 Å². The van der Waals surface area contributed by atoms with Crippen molar-refractivity contribution in [2.45, 2.75) is 65.2 Å². The summed E-state index contributed by atoms with van der Waals surface area (Å²) in [5.41, 5.74) is 1.50. The lowest BCUT2D eigenvalue weighted by Crippen LogP contribution is -2.51. The highest BCUT2D eigenvalue weighted by Crippen LogP contribution is 2.41. The van der Waals surface area contributed by atoms with Gasteiger partial charge in [-0.05, 0) is 43.6 Å². The molecule has 1 aliphatic heterocycles. The van der Waals surface area contributed by atoms with Crippen LogP contribution in [-0.2, 0) is 17.6 Å². The number of carbonyl (C=O) groups excluding carboxylic acids is 1. The number of thiophene rings is 1. The van der Waals surface area contributed by atoms with Crippen molar-refractivity contribution in [3.8, 4) is 0 Å². The van der Waals surface area contributed by atoms with Gasteiger partial charge in [0.05, 0.1) is 5.39 Å². The Morgan fingerprint density at radius 1 is 1.10 bits per heavy atom. The molecule has 156 valence electrons. The van der Waals surface area contributed by atoms with E-state index in [1.54, 1.807) is 0 Å². The highest BCUT2D eigenvalue weighted by molar-refractivity contribution is 7.19. The zero-order valence-electron chi connectivity index (χ0n) is 17.9. The first-order valence-corrected chi connectivity index (χ1v) is 12.2. The van der Waals surface area contributed by atoms with Gasteiger partial charge in [-0.1, -0.05) is 27.2 Å². The average Bonchev–Trinajstić information content (AvgIpc) is 3.03. The molecule has 1 amide bonds. The molecule has 0 radical (unpaired) electrons. The Bertz CT molecular complexity index is 925. The molecule has 1 atom stereocenters. The fraction of sp³-hybridized carbons (Fsp3) is 0.696. The van der Waals surface area contributed by atoms with E-state index in [1.165, 1.54) is 39.9 Å². The van der Waals surface area contributed by atoms with E-state index in [4.69, 9.17) is 9.97 Å². The number of hydrogen-bond acceptors (Lipinski definition) is 5. The fourth-order valence-electron chi connectivity index (χ4n) is 4.88. The second kappa shape index (κ2) is 7.53. The largest absolute Gasteiger partial charge is 0.352 e. The third-order valence-corrected chi connectivity index (χ3v) is 8.16. The molecule has 3 aliphatic rings. The molecule has 2 aliphatic carbocycles. The summed E-state index contributed by atoms with van der Waals surface area (Å²) in [7, 11) is 0. The van der Waals surface area contributed by atoms with Gasteiger partial charge in [0.2, 0.25) is 5.91 Å². The number of nitrogens with zero attached hydrogens (tertiary/aromatic N) is 4. The third kappa shape index (κ3) is 3.43. The number of piperazine rings is 1. The predicted molar refractivity (Wildman–Crippen MR) is 119 cm³/mol. The molecular formula is C23H32N4OS. The van der Waals surface area contributed by atoms with Gasteiger partial charge >= 0.3 is 0 Å². The van der Waals surface area contributed by atoms with Crippen molar-refractivity contribution in [1.82, 2.24) is 14.9 Å². The highest BCUT2D eigenvalue weighted by Gasteiger charge is 2.33. The number of fused-ring (bicyclic) bond motifs is 3. The Morgan fingerprint density at radius 3 is 2.52 bits per heavy atom. The van der Waals surface area contributed by atoms with E-state index < -0.39 is 0 Å². The average molecular weight is 413 g/mol. The first-order valence-electron chi connectivity index (χ1n) is 11.4. The van der Waals surface area contributed by atoms with E-state index in [9.17, 15) is 4.79 Å². The Morgan fingerprint density at radius 2 is 1.86 bits per heavy atom. The second-order valence-electron chi connectivity index (χ2n) is 9.53. The normalized spacial score (nSPS) is 22.8. The van der Waals surface area contributed by atoms with Crippen LogP contribution in [0, 0.1) is 11.8 Å². The van der Waals surface area contributed by atoms with Crippen LogP contribution in [0.5, 0.6) is 0 Å². The van der Waals surface area contributed by atoms with Gasteiger partial charge in [-0.25, -0.2) is 9.97 Å². The summed E-state index contributed by atoms with van der Waals surface area (Å²) in [5.74, 6) is 3.84. The van der Waals surface area contributed by atoms with E-state index in [1.807, 2.05) is 11.3 Å². The summed E-state index contributed by atoms with van der Waals surface area (Å²) < 4.78 is 0. The van der Waals surface area contributed by atoms with Gasteiger partial charge in [-0.2, -0.15) is 0 Å². The van der Waals surface area contributed by atoms with Crippen molar-refractivity contribution in [3.63, 3.8) is 0 Å². The number of aromatic nitrogens is 2. The first kappa shape index (κ1) is 19.3.